The van der Waals surface area contributed by atoms with E-state index < -0.39 is 28.2 Å². The van der Waals surface area contributed by atoms with Crippen molar-refractivity contribution < 1.29 is 14.1 Å². The number of nitrogens with zero attached hydrogens (tertiary/aromatic N) is 2. The lowest BCUT2D eigenvalue weighted by atomic mass is 10.0. The Morgan fingerprint density at radius 1 is 1.06 bits per heavy atom. The Hall–Kier alpha value is -4.33. The predicted octanol–water partition coefficient (Wildman–Crippen LogP) is 4.84. The smallest absolute Gasteiger partial charge is 0.282 e. The number of hydrogen-bond donors (Lipinski definition) is 1. The van der Waals surface area contributed by atoms with Crippen LogP contribution in [-0.2, 0) is 0 Å². The van der Waals surface area contributed by atoms with E-state index in [-0.39, 0.29) is 22.0 Å². The molecule has 166 valence electrons. The topological polar surface area (TPSA) is 94.2 Å². The number of amides is 1. The molecule has 0 saturated carbocycles. The summed E-state index contributed by atoms with van der Waals surface area (Å²) >= 11 is 0. The quantitative estimate of drug-likeness (QED) is 0.351. The van der Waals surface area contributed by atoms with Gasteiger partial charge in [0, 0.05) is 22.8 Å². The second-order valence-corrected chi connectivity index (χ2v) is 7.64. The highest BCUT2D eigenvalue weighted by Crippen LogP contribution is 2.29. The van der Waals surface area contributed by atoms with E-state index >= 15 is 0 Å². The largest absolute Gasteiger partial charge is 0.345 e. The van der Waals surface area contributed by atoms with Gasteiger partial charge in [0.15, 0.2) is 0 Å². The SMILES string of the molecule is Cc1c(C(=O)N[C@@H](C)c2cccc(F)c2)c2cccc([N+](=O)[O-])c2c(=O)n1-c1ccccc1. The van der Waals surface area contributed by atoms with E-state index in [1.165, 1.54) is 34.9 Å². The van der Waals surface area contributed by atoms with E-state index in [2.05, 4.69) is 5.32 Å². The average molecular weight is 445 g/mol. The Morgan fingerprint density at radius 2 is 1.76 bits per heavy atom. The van der Waals surface area contributed by atoms with Gasteiger partial charge in [0.2, 0.25) is 0 Å². The second kappa shape index (κ2) is 8.66. The Balaban J connectivity index is 1.95. The molecular formula is C25H20FN3O4. The number of benzene rings is 3. The maximum Gasteiger partial charge on any atom is 0.282 e. The molecule has 0 unspecified atom stereocenters. The lowest BCUT2D eigenvalue weighted by molar-refractivity contribution is -0.383. The molecule has 4 rings (SSSR count). The maximum absolute atomic E-state index is 13.7. The number of non-ortho nitro benzene ring substituents is 1. The van der Waals surface area contributed by atoms with Crippen molar-refractivity contribution in [2.45, 2.75) is 19.9 Å². The lowest BCUT2D eigenvalue weighted by Gasteiger charge is -2.19. The normalized spacial score (nSPS) is 11.8. The first kappa shape index (κ1) is 21.9. The molecular weight excluding hydrogens is 425 g/mol. The summed E-state index contributed by atoms with van der Waals surface area (Å²) in [6, 6.07) is 18.2. The third kappa shape index (κ3) is 3.98. The minimum Gasteiger partial charge on any atom is -0.345 e. The first-order chi connectivity index (χ1) is 15.8. The number of nitro groups is 1. The molecule has 33 heavy (non-hydrogen) atoms. The third-order valence-electron chi connectivity index (χ3n) is 5.56. The number of carbonyl (C=O) groups is 1. The van der Waals surface area contributed by atoms with Crippen LogP contribution in [0.15, 0.2) is 77.6 Å². The van der Waals surface area contributed by atoms with Crippen molar-refractivity contribution in [3.63, 3.8) is 0 Å². The zero-order valence-electron chi connectivity index (χ0n) is 17.9. The van der Waals surface area contributed by atoms with Crippen LogP contribution in [0.3, 0.4) is 0 Å². The van der Waals surface area contributed by atoms with Crippen LogP contribution in [0.1, 0.15) is 34.6 Å². The Labute approximate surface area is 188 Å². The summed E-state index contributed by atoms with van der Waals surface area (Å²) in [4.78, 5) is 37.9. The molecule has 1 heterocycles. The van der Waals surface area contributed by atoms with E-state index in [9.17, 15) is 24.1 Å². The number of nitrogens with one attached hydrogen (secondary N) is 1. The second-order valence-electron chi connectivity index (χ2n) is 7.64. The molecule has 7 nitrogen and oxygen atoms in total. The number of aromatic nitrogens is 1. The Bertz CT molecular complexity index is 1450. The molecule has 0 bridgehead atoms. The fraction of sp³-hybridized carbons (Fsp3) is 0.120. The fourth-order valence-electron chi connectivity index (χ4n) is 4.00. The van der Waals surface area contributed by atoms with E-state index in [0.717, 1.165) is 0 Å². The van der Waals surface area contributed by atoms with Gasteiger partial charge in [-0.15, -0.1) is 0 Å². The van der Waals surface area contributed by atoms with Gasteiger partial charge in [-0.05, 0) is 43.7 Å². The Morgan fingerprint density at radius 3 is 2.42 bits per heavy atom. The zero-order valence-corrected chi connectivity index (χ0v) is 17.9. The van der Waals surface area contributed by atoms with Gasteiger partial charge >= 0.3 is 0 Å². The number of halogens is 1. The van der Waals surface area contributed by atoms with Gasteiger partial charge in [-0.25, -0.2) is 4.39 Å². The molecule has 1 atom stereocenters. The summed E-state index contributed by atoms with van der Waals surface area (Å²) in [5.41, 5.74) is 0.550. The van der Waals surface area contributed by atoms with Crippen LogP contribution in [-0.4, -0.2) is 15.4 Å². The van der Waals surface area contributed by atoms with Gasteiger partial charge < -0.3 is 5.32 Å². The maximum atomic E-state index is 13.7. The average Bonchev–Trinajstić information content (AvgIpc) is 2.79. The highest BCUT2D eigenvalue weighted by Gasteiger charge is 2.26. The summed E-state index contributed by atoms with van der Waals surface area (Å²) in [5.74, 6) is -0.956. The summed E-state index contributed by atoms with van der Waals surface area (Å²) in [7, 11) is 0. The van der Waals surface area contributed by atoms with Gasteiger partial charge in [-0.1, -0.05) is 42.5 Å². The number of rotatable bonds is 5. The standard InChI is InChI=1S/C25H20FN3O4/c1-15(17-8-6-9-18(26)14-17)27-24(30)22-16(2)28(19-10-4-3-5-11-19)25(31)23-20(22)12-7-13-21(23)29(32)33/h3-15H,1-2H3,(H,27,30)/t15-/m0/s1. The van der Waals surface area contributed by atoms with Crippen LogP contribution >= 0.6 is 0 Å². The summed E-state index contributed by atoms with van der Waals surface area (Å²) in [5, 5.41) is 14.6. The molecule has 0 aliphatic rings. The molecule has 4 aromatic rings. The van der Waals surface area contributed by atoms with Gasteiger partial charge in [-0.3, -0.25) is 24.3 Å². The summed E-state index contributed by atoms with van der Waals surface area (Å²) in [6.45, 7) is 3.33. The minimum atomic E-state index is -0.633. The third-order valence-corrected chi connectivity index (χ3v) is 5.56. The molecule has 3 aromatic carbocycles. The highest BCUT2D eigenvalue weighted by molar-refractivity contribution is 6.10. The van der Waals surface area contributed by atoms with Crippen molar-refractivity contribution in [1.29, 1.82) is 0 Å². The van der Waals surface area contributed by atoms with E-state index in [0.29, 0.717) is 16.9 Å². The van der Waals surface area contributed by atoms with Crippen LogP contribution in [0.25, 0.3) is 16.5 Å². The molecule has 0 aliphatic heterocycles. The molecule has 0 spiro atoms. The van der Waals surface area contributed by atoms with Crippen LogP contribution in [0, 0.1) is 22.9 Å². The van der Waals surface area contributed by atoms with Crippen molar-refractivity contribution in [3.05, 3.63) is 116 Å². The molecule has 0 radical (unpaired) electrons. The monoisotopic (exact) mass is 445 g/mol. The molecule has 0 fully saturated rings. The van der Waals surface area contributed by atoms with Gasteiger partial charge in [-0.2, -0.15) is 0 Å². The van der Waals surface area contributed by atoms with Crippen LogP contribution in [0.4, 0.5) is 10.1 Å². The Kier molecular flexibility index (Phi) is 5.74. The van der Waals surface area contributed by atoms with E-state index in [1.54, 1.807) is 56.3 Å². The fourth-order valence-corrected chi connectivity index (χ4v) is 4.00. The number of carbonyl (C=O) groups excluding carboxylic acids is 1. The summed E-state index contributed by atoms with van der Waals surface area (Å²) in [6.07, 6.45) is 0. The van der Waals surface area contributed by atoms with Gasteiger partial charge in [0.25, 0.3) is 17.2 Å². The molecule has 1 aromatic heterocycles. The first-order valence-electron chi connectivity index (χ1n) is 10.2. The number of nitro benzene ring substituents is 1. The number of hydrogen-bond acceptors (Lipinski definition) is 4. The van der Waals surface area contributed by atoms with Crippen molar-refractivity contribution >= 4 is 22.4 Å². The number of fused-ring (bicyclic) bond motifs is 1. The van der Waals surface area contributed by atoms with Crippen molar-refractivity contribution in [2.75, 3.05) is 0 Å². The van der Waals surface area contributed by atoms with Crippen molar-refractivity contribution in [1.82, 2.24) is 9.88 Å². The lowest BCUT2D eigenvalue weighted by Crippen LogP contribution is -2.31. The van der Waals surface area contributed by atoms with Crippen molar-refractivity contribution in [2.24, 2.45) is 0 Å². The van der Waals surface area contributed by atoms with E-state index in [1.807, 2.05) is 0 Å². The van der Waals surface area contributed by atoms with Crippen LogP contribution in [0.5, 0.6) is 0 Å². The predicted molar refractivity (Wildman–Crippen MR) is 123 cm³/mol. The number of pyridine rings is 1. The van der Waals surface area contributed by atoms with Crippen molar-refractivity contribution in [3.8, 4) is 5.69 Å². The highest BCUT2D eigenvalue weighted by atomic mass is 19.1. The molecule has 8 heteroatoms. The minimum absolute atomic E-state index is 0.139. The van der Waals surface area contributed by atoms with Gasteiger partial charge in [0.1, 0.15) is 11.2 Å². The molecule has 1 N–H and O–H groups in total. The van der Waals surface area contributed by atoms with Gasteiger partial charge in [0.05, 0.1) is 16.5 Å². The molecule has 0 saturated heterocycles. The van der Waals surface area contributed by atoms with Crippen LogP contribution < -0.4 is 10.9 Å². The number of para-hydroxylation sites is 1. The zero-order chi connectivity index (χ0) is 23.7. The first-order valence-corrected chi connectivity index (χ1v) is 10.2. The molecule has 0 aliphatic carbocycles. The van der Waals surface area contributed by atoms with Crippen LogP contribution in [0.2, 0.25) is 0 Å². The molecule has 1 amide bonds. The van der Waals surface area contributed by atoms with E-state index in [4.69, 9.17) is 0 Å². The summed E-state index contributed by atoms with van der Waals surface area (Å²) < 4.78 is 15.0.